The van der Waals surface area contributed by atoms with Crippen molar-refractivity contribution in [3.8, 4) is 0 Å². The summed E-state index contributed by atoms with van der Waals surface area (Å²) in [5.41, 5.74) is -1.74. The first-order chi connectivity index (χ1) is 9.57. The summed E-state index contributed by atoms with van der Waals surface area (Å²) in [6, 6.07) is 0. The molecule has 0 amide bonds. The van der Waals surface area contributed by atoms with Gasteiger partial charge in [0.2, 0.25) is 0 Å². The molecule has 20 heavy (non-hydrogen) atoms. The highest BCUT2D eigenvalue weighted by atomic mass is 16.3. The van der Waals surface area contributed by atoms with E-state index in [0.717, 1.165) is 0 Å². The van der Waals surface area contributed by atoms with E-state index in [1.165, 1.54) is 0 Å². The quantitative estimate of drug-likeness (QED) is 0.331. The van der Waals surface area contributed by atoms with E-state index in [1.807, 2.05) is 0 Å². The topological polar surface area (TPSA) is 121 Å². The predicted octanol–water partition coefficient (Wildman–Crippen LogP) is -1.28. The molecule has 0 aliphatic heterocycles. The zero-order valence-corrected chi connectivity index (χ0v) is 11.9. The Bertz CT molecular complexity index is 222. The Hall–Kier alpha value is -0.240. The van der Waals surface area contributed by atoms with Gasteiger partial charge in [0.25, 0.3) is 0 Å². The second-order valence-electron chi connectivity index (χ2n) is 6.22. The first kappa shape index (κ1) is 17.8. The minimum Gasteiger partial charge on any atom is -0.396 e. The van der Waals surface area contributed by atoms with Gasteiger partial charge in [-0.1, -0.05) is 0 Å². The fraction of sp³-hybridized carbons (Fsp3) is 1.00. The van der Waals surface area contributed by atoms with Crippen LogP contribution < -0.4 is 0 Å². The summed E-state index contributed by atoms with van der Waals surface area (Å²) in [6.07, 6.45) is 2.75. The second-order valence-corrected chi connectivity index (χ2v) is 6.22. The van der Waals surface area contributed by atoms with Crippen molar-refractivity contribution < 1.29 is 30.6 Å². The molecule has 0 unspecified atom stereocenters. The van der Waals surface area contributed by atoms with Crippen molar-refractivity contribution in [3.05, 3.63) is 0 Å². The summed E-state index contributed by atoms with van der Waals surface area (Å²) < 4.78 is 0. The summed E-state index contributed by atoms with van der Waals surface area (Å²) in [6.45, 7) is -1.58. The lowest BCUT2D eigenvalue weighted by Gasteiger charge is -2.45. The van der Waals surface area contributed by atoms with Crippen LogP contribution >= 0.6 is 0 Å². The molecule has 0 heterocycles. The molecule has 0 saturated heterocycles. The van der Waals surface area contributed by atoms with E-state index in [4.69, 9.17) is 0 Å². The molecule has 6 N–H and O–H groups in total. The van der Waals surface area contributed by atoms with Crippen LogP contribution in [0.3, 0.4) is 0 Å². The van der Waals surface area contributed by atoms with Gasteiger partial charge in [0.15, 0.2) is 0 Å². The summed E-state index contributed by atoms with van der Waals surface area (Å²) in [5, 5.41) is 56.7. The molecule has 0 radical (unpaired) electrons. The molecule has 1 saturated carbocycles. The standard InChI is InChI=1S/C14H28O6/c15-5-13(6-16,7-17)11-1-2-12(4-3-11)14(8-18,9-19)10-20/h11-12,15-20H,1-10H2. The Morgan fingerprint density at radius 2 is 0.700 bits per heavy atom. The van der Waals surface area contributed by atoms with Crippen molar-refractivity contribution >= 4 is 0 Å². The van der Waals surface area contributed by atoms with Gasteiger partial charge in [0.05, 0.1) is 39.6 Å². The van der Waals surface area contributed by atoms with Gasteiger partial charge in [-0.25, -0.2) is 0 Å². The van der Waals surface area contributed by atoms with E-state index in [9.17, 15) is 30.6 Å². The van der Waals surface area contributed by atoms with Crippen LogP contribution in [-0.2, 0) is 0 Å². The van der Waals surface area contributed by atoms with Crippen LogP contribution in [-0.4, -0.2) is 70.3 Å². The summed E-state index contributed by atoms with van der Waals surface area (Å²) in [7, 11) is 0. The van der Waals surface area contributed by atoms with Gasteiger partial charge in [0, 0.05) is 10.8 Å². The third-order valence-electron chi connectivity index (χ3n) is 5.35. The molecule has 0 bridgehead atoms. The van der Waals surface area contributed by atoms with Crippen molar-refractivity contribution in [2.24, 2.45) is 22.7 Å². The lowest BCUT2D eigenvalue weighted by Crippen LogP contribution is -2.47. The molecule has 0 spiro atoms. The molecule has 6 heteroatoms. The molecule has 0 atom stereocenters. The minimum atomic E-state index is -0.870. The molecule has 6 nitrogen and oxygen atoms in total. The fourth-order valence-electron chi connectivity index (χ4n) is 3.39. The Morgan fingerprint density at radius 1 is 0.500 bits per heavy atom. The zero-order valence-electron chi connectivity index (χ0n) is 11.9. The van der Waals surface area contributed by atoms with E-state index in [0.29, 0.717) is 25.7 Å². The first-order valence-electron chi connectivity index (χ1n) is 7.23. The third kappa shape index (κ3) is 3.16. The van der Waals surface area contributed by atoms with Gasteiger partial charge >= 0.3 is 0 Å². The molecular formula is C14H28O6. The van der Waals surface area contributed by atoms with Crippen LogP contribution in [0.2, 0.25) is 0 Å². The lowest BCUT2D eigenvalue weighted by atomic mass is 9.62. The van der Waals surface area contributed by atoms with E-state index in [2.05, 4.69) is 0 Å². The van der Waals surface area contributed by atoms with Crippen molar-refractivity contribution in [2.45, 2.75) is 25.7 Å². The first-order valence-corrected chi connectivity index (χ1v) is 7.23. The zero-order chi connectivity index (χ0) is 15.2. The molecule has 1 fully saturated rings. The molecule has 120 valence electrons. The summed E-state index contributed by atoms with van der Waals surface area (Å²) in [4.78, 5) is 0. The Labute approximate surface area is 119 Å². The van der Waals surface area contributed by atoms with Crippen molar-refractivity contribution in [1.29, 1.82) is 0 Å². The van der Waals surface area contributed by atoms with Crippen molar-refractivity contribution in [2.75, 3.05) is 39.6 Å². The predicted molar refractivity (Wildman–Crippen MR) is 72.8 cm³/mol. The van der Waals surface area contributed by atoms with Gasteiger partial charge in [-0.3, -0.25) is 0 Å². The maximum absolute atomic E-state index is 9.45. The van der Waals surface area contributed by atoms with Gasteiger partial charge in [0.1, 0.15) is 0 Å². The van der Waals surface area contributed by atoms with E-state index < -0.39 is 10.8 Å². The van der Waals surface area contributed by atoms with Crippen LogP contribution in [0.1, 0.15) is 25.7 Å². The Kier molecular flexibility index (Phi) is 6.84. The van der Waals surface area contributed by atoms with Gasteiger partial charge in [-0.2, -0.15) is 0 Å². The smallest absolute Gasteiger partial charge is 0.0534 e. The van der Waals surface area contributed by atoms with Crippen LogP contribution in [0.4, 0.5) is 0 Å². The highest BCUT2D eigenvalue weighted by Gasteiger charge is 2.44. The van der Waals surface area contributed by atoms with Crippen molar-refractivity contribution in [3.63, 3.8) is 0 Å². The van der Waals surface area contributed by atoms with E-state index in [-0.39, 0.29) is 51.5 Å². The number of hydrogen-bond donors (Lipinski definition) is 6. The molecule has 1 aliphatic carbocycles. The second kappa shape index (κ2) is 7.68. The van der Waals surface area contributed by atoms with Gasteiger partial charge in [-0.15, -0.1) is 0 Å². The van der Waals surface area contributed by atoms with E-state index >= 15 is 0 Å². The number of aliphatic hydroxyl groups is 6. The normalized spacial score (nSPS) is 24.9. The summed E-state index contributed by atoms with van der Waals surface area (Å²) >= 11 is 0. The van der Waals surface area contributed by atoms with Crippen LogP contribution in [0.5, 0.6) is 0 Å². The average Bonchev–Trinajstić information content (AvgIpc) is 2.53. The van der Waals surface area contributed by atoms with Crippen LogP contribution in [0, 0.1) is 22.7 Å². The molecule has 0 aromatic heterocycles. The highest BCUT2D eigenvalue weighted by Crippen LogP contribution is 2.45. The van der Waals surface area contributed by atoms with Crippen molar-refractivity contribution in [1.82, 2.24) is 0 Å². The van der Waals surface area contributed by atoms with Crippen LogP contribution in [0.15, 0.2) is 0 Å². The maximum Gasteiger partial charge on any atom is 0.0534 e. The van der Waals surface area contributed by atoms with Gasteiger partial charge < -0.3 is 30.6 Å². The fourth-order valence-corrected chi connectivity index (χ4v) is 3.39. The monoisotopic (exact) mass is 292 g/mol. The van der Waals surface area contributed by atoms with E-state index in [1.54, 1.807) is 0 Å². The molecule has 0 aromatic rings. The molecule has 0 aromatic carbocycles. The number of aliphatic hydroxyl groups excluding tert-OH is 6. The largest absolute Gasteiger partial charge is 0.396 e. The third-order valence-corrected chi connectivity index (χ3v) is 5.35. The SMILES string of the molecule is OCC(CO)(CO)C1CCC(C(CO)(CO)CO)CC1. The highest BCUT2D eigenvalue weighted by molar-refractivity contribution is 4.93. The summed E-state index contributed by atoms with van der Waals surface area (Å²) in [5.74, 6) is 0.0139. The Balaban J connectivity index is 2.72. The molecule has 1 rings (SSSR count). The average molecular weight is 292 g/mol. The minimum absolute atomic E-state index is 0.00697. The number of hydrogen-bond acceptors (Lipinski definition) is 6. The lowest BCUT2D eigenvalue weighted by molar-refractivity contribution is -0.0845. The van der Waals surface area contributed by atoms with Crippen LogP contribution in [0.25, 0.3) is 0 Å². The molecular weight excluding hydrogens is 264 g/mol. The maximum atomic E-state index is 9.45. The van der Waals surface area contributed by atoms with Gasteiger partial charge in [-0.05, 0) is 37.5 Å². The molecule has 1 aliphatic rings. The number of rotatable bonds is 8. The Morgan fingerprint density at radius 3 is 0.850 bits per heavy atom.